The van der Waals surface area contributed by atoms with Crippen LogP contribution in [-0.2, 0) is 14.3 Å². The van der Waals surface area contributed by atoms with Crippen molar-refractivity contribution < 1.29 is 14.3 Å². The number of rotatable bonds is 6. The summed E-state index contributed by atoms with van der Waals surface area (Å²) >= 11 is 0. The number of nitrogens with one attached hydrogen (secondary N) is 1. The van der Waals surface area contributed by atoms with E-state index in [1.54, 1.807) is 0 Å². The van der Waals surface area contributed by atoms with Crippen LogP contribution in [-0.4, -0.2) is 49.6 Å². The molecule has 1 fully saturated rings. The van der Waals surface area contributed by atoms with E-state index in [4.69, 9.17) is 4.74 Å². The van der Waals surface area contributed by atoms with E-state index >= 15 is 0 Å². The minimum absolute atomic E-state index is 0.209. The van der Waals surface area contributed by atoms with Gasteiger partial charge in [0, 0.05) is 19.8 Å². The maximum atomic E-state index is 11.1. The summed E-state index contributed by atoms with van der Waals surface area (Å²) in [5, 5.41) is 2.27. The van der Waals surface area contributed by atoms with Gasteiger partial charge >= 0.3 is 0 Å². The van der Waals surface area contributed by atoms with Gasteiger partial charge in [-0.2, -0.15) is 0 Å². The lowest BCUT2D eigenvalue weighted by atomic mass is 10.2. The van der Waals surface area contributed by atoms with Crippen LogP contribution in [0.3, 0.4) is 0 Å². The van der Waals surface area contributed by atoms with Gasteiger partial charge in [0.25, 0.3) is 0 Å². The van der Waals surface area contributed by atoms with Crippen molar-refractivity contribution in [2.75, 3.05) is 32.8 Å². The zero-order chi connectivity index (χ0) is 12.0. The third kappa shape index (κ3) is 5.23. The largest absolute Gasteiger partial charge is 0.381 e. The van der Waals surface area contributed by atoms with Crippen LogP contribution in [0.1, 0.15) is 20.3 Å². The number of amides is 2. The summed E-state index contributed by atoms with van der Waals surface area (Å²) in [5.74, 6) is 0.126. The van der Waals surface area contributed by atoms with Crippen LogP contribution in [0.2, 0.25) is 0 Å². The molecule has 1 aliphatic rings. The summed E-state index contributed by atoms with van der Waals surface area (Å²) in [6.45, 7) is 7.02. The van der Waals surface area contributed by atoms with E-state index in [1.807, 2.05) is 4.90 Å². The Morgan fingerprint density at radius 2 is 1.94 bits per heavy atom. The van der Waals surface area contributed by atoms with Crippen LogP contribution in [0.25, 0.3) is 0 Å². The highest BCUT2D eigenvalue weighted by atomic mass is 16.5. The fourth-order valence-corrected chi connectivity index (χ4v) is 1.56. The van der Waals surface area contributed by atoms with Gasteiger partial charge in [-0.1, -0.05) is 13.8 Å². The number of piperazine rings is 1. The van der Waals surface area contributed by atoms with E-state index < -0.39 is 0 Å². The summed E-state index contributed by atoms with van der Waals surface area (Å²) in [5.41, 5.74) is 0. The van der Waals surface area contributed by atoms with Crippen LogP contribution in [0.15, 0.2) is 0 Å². The van der Waals surface area contributed by atoms with Gasteiger partial charge in [0.2, 0.25) is 11.8 Å². The number of hydrogen-bond donors (Lipinski definition) is 1. The van der Waals surface area contributed by atoms with Crippen LogP contribution in [0, 0.1) is 5.92 Å². The molecule has 0 aromatic heterocycles. The van der Waals surface area contributed by atoms with Crippen LogP contribution in [0.5, 0.6) is 0 Å². The van der Waals surface area contributed by atoms with E-state index in [9.17, 15) is 9.59 Å². The maximum Gasteiger partial charge on any atom is 0.240 e. The Hall–Kier alpha value is -0.940. The van der Waals surface area contributed by atoms with Gasteiger partial charge < -0.3 is 4.74 Å². The minimum atomic E-state index is -0.209. The first-order valence-corrected chi connectivity index (χ1v) is 5.70. The number of ether oxygens (including phenoxy) is 1. The zero-order valence-corrected chi connectivity index (χ0v) is 9.99. The van der Waals surface area contributed by atoms with Crippen LogP contribution < -0.4 is 5.32 Å². The Labute approximate surface area is 96.1 Å². The average Bonchev–Trinajstić information content (AvgIpc) is 2.15. The molecule has 0 spiro atoms. The summed E-state index contributed by atoms with van der Waals surface area (Å²) in [6, 6.07) is 0. The number of hydrogen-bond acceptors (Lipinski definition) is 4. The molecule has 0 aliphatic carbocycles. The Morgan fingerprint density at radius 1 is 1.31 bits per heavy atom. The van der Waals surface area contributed by atoms with Crippen molar-refractivity contribution in [1.82, 2.24) is 10.2 Å². The molecule has 1 aliphatic heterocycles. The Kier molecular flexibility index (Phi) is 5.42. The maximum absolute atomic E-state index is 11.1. The second-order valence-electron chi connectivity index (χ2n) is 4.50. The second-order valence-corrected chi connectivity index (χ2v) is 4.50. The Bertz CT molecular complexity index is 238. The Morgan fingerprint density at radius 3 is 2.50 bits per heavy atom. The third-order valence-corrected chi connectivity index (χ3v) is 2.23. The normalized spacial score (nSPS) is 17.9. The molecule has 0 bridgehead atoms. The predicted octanol–water partition coefficient (Wildman–Crippen LogP) is 0.00750. The van der Waals surface area contributed by atoms with Crippen LogP contribution in [0.4, 0.5) is 0 Å². The number of carbonyl (C=O) groups is 2. The highest BCUT2D eigenvalue weighted by molar-refractivity contribution is 5.99. The van der Waals surface area contributed by atoms with Gasteiger partial charge in [-0.25, -0.2) is 0 Å². The van der Waals surface area contributed by atoms with Crippen molar-refractivity contribution in [3.63, 3.8) is 0 Å². The van der Waals surface area contributed by atoms with E-state index in [0.29, 0.717) is 25.6 Å². The minimum Gasteiger partial charge on any atom is -0.381 e. The number of carbonyl (C=O) groups excluding carboxylic acids is 2. The highest BCUT2D eigenvalue weighted by Gasteiger charge is 2.21. The van der Waals surface area contributed by atoms with E-state index in [2.05, 4.69) is 19.2 Å². The van der Waals surface area contributed by atoms with Gasteiger partial charge in [0.1, 0.15) is 0 Å². The lowest BCUT2D eigenvalue weighted by molar-refractivity contribution is -0.136. The zero-order valence-electron chi connectivity index (χ0n) is 9.99. The molecule has 0 saturated carbocycles. The lowest BCUT2D eigenvalue weighted by Crippen LogP contribution is -2.51. The molecule has 1 rings (SSSR count). The molecule has 1 saturated heterocycles. The molecule has 92 valence electrons. The quantitative estimate of drug-likeness (QED) is 0.514. The van der Waals surface area contributed by atoms with E-state index in [0.717, 1.165) is 19.6 Å². The first-order chi connectivity index (χ1) is 7.58. The summed E-state index contributed by atoms with van der Waals surface area (Å²) < 4.78 is 5.43. The molecule has 5 nitrogen and oxygen atoms in total. The van der Waals surface area contributed by atoms with Crippen molar-refractivity contribution in [1.29, 1.82) is 0 Å². The molecule has 0 atom stereocenters. The van der Waals surface area contributed by atoms with Gasteiger partial charge in [0.05, 0.1) is 13.1 Å². The Balaban J connectivity index is 2.08. The smallest absolute Gasteiger partial charge is 0.240 e. The van der Waals surface area contributed by atoms with Crippen molar-refractivity contribution in [2.45, 2.75) is 20.3 Å². The molecule has 1 N–H and O–H groups in total. The first kappa shape index (κ1) is 13.1. The molecule has 0 aromatic carbocycles. The van der Waals surface area contributed by atoms with Crippen molar-refractivity contribution in [2.24, 2.45) is 5.92 Å². The number of nitrogens with zero attached hydrogens (tertiary/aromatic N) is 1. The lowest BCUT2D eigenvalue weighted by Gasteiger charge is -2.24. The molecule has 5 heteroatoms. The fraction of sp³-hybridized carbons (Fsp3) is 0.818. The van der Waals surface area contributed by atoms with E-state index in [1.165, 1.54) is 0 Å². The summed E-state index contributed by atoms with van der Waals surface area (Å²) in [4.78, 5) is 24.0. The average molecular weight is 228 g/mol. The SMILES string of the molecule is CC(C)COCCCN1CC(=O)NC(=O)C1. The summed E-state index contributed by atoms with van der Waals surface area (Å²) in [6.07, 6.45) is 0.854. The van der Waals surface area contributed by atoms with Gasteiger partial charge in [-0.05, 0) is 12.3 Å². The van der Waals surface area contributed by atoms with E-state index in [-0.39, 0.29) is 11.8 Å². The highest BCUT2D eigenvalue weighted by Crippen LogP contribution is 1.98. The molecule has 1 heterocycles. The molecule has 0 radical (unpaired) electrons. The second kappa shape index (κ2) is 6.60. The topological polar surface area (TPSA) is 58.6 Å². The summed E-state index contributed by atoms with van der Waals surface area (Å²) in [7, 11) is 0. The molecule has 2 amide bonds. The van der Waals surface area contributed by atoms with Crippen molar-refractivity contribution in [3.05, 3.63) is 0 Å². The van der Waals surface area contributed by atoms with Crippen LogP contribution >= 0.6 is 0 Å². The molecule has 0 unspecified atom stereocenters. The standard InChI is InChI=1S/C11H20N2O3/c1-9(2)8-16-5-3-4-13-6-10(14)12-11(15)7-13/h9H,3-8H2,1-2H3,(H,12,14,15). The van der Waals surface area contributed by atoms with Gasteiger partial charge in [-0.3, -0.25) is 19.8 Å². The fourth-order valence-electron chi connectivity index (χ4n) is 1.56. The number of imide groups is 1. The molecular formula is C11H20N2O3. The third-order valence-electron chi connectivity index (χ3n) is 2.23. The predicted molar refractivity (Wildman–Crippen MR) is 59.9 cm³/mol. The molecule has 16 heavy (non-hydrogen) atoms. The van der Waals surface area contributed by atoms with Crippen molar-refractivity contribution >= 4 is 11.8 Å². The first-order valence-electron chi connectivity index (χ1n) is 5.70. The molecule has 0 aromatic rings. The molecular weight excluding hydrogens is 208 g/mol. The van der Waals surface area contributed by atoms with Gasteiger partial charge in [-0.15, -0.1) is 0 Å². The van der Waals surface area contributed by atoms with Gasteiger partial charge in [0.15, 0.2) is 0 Å². The monoisotopic (exact) mass is 228 g/mol. The van der Waals surface area contributed by atoms with Crippen molar-refractivity contribution in [3.8, 4) is 0 Å².